The molecule has 0 saturated carbocycles. The predicted octanol–water partition coefficient (Wildman–Crippen LogP) is 3.46. The number of hydrogen-bond donors (Lipinski definition) is 3. The zero-order valence-electron chi connectivity index (χ0n) is 18.2. The second kappa shape index (κ2) is 16.4. The second-order valence-corrected chi connectivity index (χ2v) is 6.63. The number of benzene rings is 2. The van der Waals surface area contributed by atoms with Crippen LogP contribution in [0.2, 0.25) is 0 Å². The number of carbonyl (C=O) groups is 1. The number of aliphatic imine (C=N–C) groups is 1. The van der Waals surface area contributed by atoms with Crippen molar-refractivity contribution in [2.45, 2.75) is 19.8 Å². The van der Waals surface area contributed by atoms with E-state index in [1.165, 1.54) is 5.56 Å². The molecule has 7 nitrogen and oxygen atoms in total. The summed E-state index contributed by atoms with van der Waals surface area (Å²) in [7, 11) is 1.68. The molecule has 0 bridgehead atoms. The summed E-state index contributed by atoms with van der Waals surface area (Å²) in [6.45, 7) is 4.57. The number of ether oxygens (including phenoxy) is 2. The van der Waals surface area contributed by atoms with Crippen LogP contribution < -0.4 is 20.7 Å². The van der Waals surface area contributed by atoms with Crippen molar-refractivity contribution in [1.82, 2.24) is 10.6 Å². The Morgan fingerprint density at radius 3 is 2.58 bits per heavy atom. The summed E-state index contributed by atoms with van der Waals surface area (Å²) < 4.78 is 10.8. The zero-order chi connectivity index (χ0) is 21.4. The van der Waals surface area contributed by atoms with Gasteiger partial charge in [0, 0.05) is 45.0 Å². The summed E-state index contributed by atoms with van der Waals surface area (Å²) in [6.07, 6.45) is 1.63. The van der Waals surface area contributed by atoms with E-state index in [0.717, 1.165) is 24.3 Å². The van der Waals surface area contributed by atoms with E-state index in [1.54, 1.807) is 7.11 Å². The van der Waals surface area contributed by atoms with E-state index in [2.05, 4.69) is 20.9 Å². The monoisotopic (exact) mass is 540 g/mol. The van der Waals surface area contributed by atoms with E-state index in [1.807, 2.05) is 61.5 Å². The predicted molar refractivity (Wildman–Crippen MR) is 137 cm³/mol. The lowest BCUT2D eigenvalue weighted by Gasteiger charge is -2.13. The van der Waals surface area contributed by atoms with Crippen LogP contribution in [0, 0.1) is 0 Å². The van der Waals surface area contributed by atoms with Crippen molar-refractivity contribution in [2.75, 3.05) is 45.3 Å². The zero-order valence-corrected chi connectivity index (χ0v) is 20.6. The highest BCUT2D eigenvalue weighted by Gasteiger charge is 2.04. The number of rotatable bonds is 12. The van der Waals surface area contributed by atoms with Crippen molar-refractivity contribution < 1.29 is 14.3 Å². The number of guanidine groups is 1. The van der Waals surface area contributed by atoms with Crippen LogP contribution in [0.25, 0.3) is 0 Å². The first kappa shape index (κ1) is 26.7. The maximum Gasteiger partial charge on any atom is 0.241 e. The molecule has 170 valence electrons. The lowest BCUT2D eigenvalue weighted by Crippen LogP contribution is -2.33. The van der Waals surface area contributed by atoms with Gasteiger partial charge in [0.15, 0.2) is 5.96 Å². The summed E-state index contributed by atoms with van der Waals surface area (Å²) in [5.41, 5.74) is 2.03. The minimum absolute atomic E-state index is 0. The Hall–Kier alpha value is -2.33. The van der Waals surface area contributed by atoms with Crippen molar-refractivity contribution >= 4 is 41.5 Å². The highest BCUT2D eigenvalue weighted by Crippen LogP contribution is 2.17. The van der Waals surface area contributed by atoms with Gasteiger partial charge >= 0.3 is 0 Å². The maximum atomic E-state index is 12.1. The van der Waals surface area contributed by atoms with E-state index in [0.29, 0.717) is 32.3 Å². The molecule has 0 unspecified atom stereocenters. The van der Waals surface area contributed by atoms with Crippen molar-refractivity contribution in [3.8, 4) is 5.75 Å². The van der Waals surface area contributed by atoms with Crippen LogP contribution in [0.4, 0.5) is 5.69 Å². The van der Waals surface area contributed by atoms with E-state index in [9.17, 15) is 4.79 Å². The number of halogens is 1. The molecule has 0 aliphatic rings. The van der Waals surface area contributed by atoms with Crippen molar-refractivity contribution in [2.24, 2.45) is 4.99 Å². The molecule has 0 aromatic heterocycles. The normalized spacial score (nSPS) is 10.7. The van der Waals surface area contributed by atoms with Gasteiger partial charge in [0.2, 0.25) is 5.91 Å². The number of methoxy groups -OCH3 is 1. The molecular weight excluding hydrogens is 507 g/mol. The molecule has 2 aromatic rings. The Kier molecular flexibility index (Phi) is 14.1. The largest absolute Gasteiger partial charge is 0.493 e. The van der Waals surface area contributed by atoms with Gasteiger partial charge in [-0.1, -0.05) is 36.4 Å². The van der Waals surface area contributed by atoms with Gasteiger partial charge in [-0.3, -0.25) is 4.79 Å². The number of anilines is 1. The van der Waals surface area contributed by atoms with Gasteiger partial charge in [0.1, 0.15) is 12.3 Å². The van der Waals surface area contributed by atoms with E-state index < -0.39 is 0 Å². The van der Waals surface area contributed by atoms with Crippen LogP contribution in [0.1, 0.15) is 18.9 Å². The van der Waals surface area contributed by atoms with Crippen LogP contribution >= 0.6 is 24.0 Å². The van der Waals surface area contributed by atoms with Crippen LogP contribution in [-0.2, 0) is 16.0 Å². The van der Waals surface area contributed by atoms with Gasteiger partial charge in [-0.15, -0.1) is 24.0 Å². The fourth-order valence-corrected chi connectivity index (χ4v) is 2.70. The number of carbonyl (C=O) groups excluding carboxylic acids is 1. The highest BCUT2D eigenvalue weighted by molar-refractivity contribution is 14.0. The first-order valence-corrected chi connectivity index (χ1v) is 10.3. The van der Waals surface area contributed by atoms with Gasteiger partial charge in [-0.05, 0) is 31.0 Å². The van der Waals surface area contributed by atoms with E-state index in [4.69, 9.17) is 9.47 Å². The summed E-state index contributed by atoms with van der Waals surface area (Å²) in [6, 6.07) is 17.7. The van der Waals surface area contributed by atoms with Crippen LogP contribution in [0.5, 0.6) is 5.75 Å². The molecule has 3 N–H and O–H groups in total. The fraction of sp³-hybridized carbons (Fsp3) is 0.391. The second-order valence-electron chi connectivity index (χ2n) is 6.63. The first-order chi connectivity index (χ1) is 14.7. The van der Waals surface area contributed by atoms with Gasteiger partial charge in [-0.25, -0.2) is 4.99 Å². The van der Waals surface area contributed by atoms with Crippen molar-refractivity contribution in [1.29, 1.82) is 0 Å². The molecule has 0 saturated heterocycles. The molecule has 0 spiro atoms. The molecule has 0 fully saturated rings. The molecule has 0 aliphatic heterocycles. The molecule has 0 atom stereocenters. The summed E-state index contributed by atoms with van der Waals surface area (Å²) in [5.74, 6) is 1.20. The first-order valence-electron chi connectivity index (χ1n) is 10.3. The summed E-state index contributed by atoms with van der Waals surface area (Å²) in [5, 5.41) is 9.27. The lowest BCUT2D eigenvalue weighted by atomic mass is 10.1. The van der Waals surface area contributed by atoms with Gasteiger partial charge < -0.3 is 25.4 Å². The Balaban J connectivity index is 0.00000480. The molecule has 2 rings (SSSR count). The third kappa shape index (κ3) is 11.6. The Bertz CT molecular complexity index is 787. The maximum absolute atomic E-state index is 12.1. The molecule has 8 heteroatoms. The van der Waals surface area contributed by atoms with Crippen LogP contribution in [-0.4, -0.2) is 51.8 Å². The van der Waals surface area contributed by atoms with Crippen molar-refractivity contribution in [3.63, 3.8) is 0 Å². The molecule has 0 aliphatic carbocycles. The average Bonchev–Trinajstić information content (AvgIpc) is 2.76. The average molecular weight is 540 g/mol. The SMILES string of the molecule is CCNC(=NCC(=O)NCCc1ccccc1)Nc1cccc(OCCCOC)c1.I. The Morgan fingerprint density at radius 1 is 1.03 bits per heavy atom. The summed E-state index contributed by atoms with van der Waals surface area (Å²) >= 11 is 0. The Morgan fingerprint density at radius 2 is 1.84 bits per heavy atom. The lowest BCUT2D eigenvalue weighted by molar-refractivity contribution is -0.119. The number of hydrogen-bond acceptors (Lipinski definition) is 4. The molecular formula is C23H33IN4O3. The quantitative estimate of drug-likeness (QED) is 0.166. The third-order valence-corrected chi connectivity index (χ3v) is 4.16. The van der Waals surface area contributed by atoms with E-state index >= 15 is 0 Å². The summed E-state index contributed by atoms with van der Waals surface area (Å²) in [4.78, 5) is 16.5. The van der Waals surface area contributed by atoms with Gasteiger partial charge in [-0.2, -0.15) is 0 Å². The Labute approximate surface area is 202 Å². The number of nitrogens with one attached hydrogen (secondary N) is 3. The number of amides is 1. The third-order valence-electron chi connectivity index (χ3n) is 4.16. The topological polar surface area (TPSA) is 84.0 Å². The van der Waals surface area contributed by atoms with Gasteiger partial charge in [0.25, 0.3) is 0 Å². The van der Waals surface area contributed by atoms with Crippen LogP contribution in [0.3, 0.4) is 0 Å². The number of nitrogens with zero attached hydrogens (tertiary/aromatic N) is 1. The standard InChI is InChI=1S/C23H32N4O3.HI/c1-3-24-23(26-18-22(28)25-14-13-19-9-5-4-6-10-19)27-20-11-7-12-21(17-20)30-16-8-15-29-2;/h4-7,9-12,17H,3,8,13-16,18H2,1-2H3,(H,25,28)(H2,24,26,27);1H. The van der Waals surface area contributed by atoms with E-state index in [-0.39, 0.29) is 36.4 Å². The van der Waals surface area contributed by atoms with Crippen molar-refractivity contribution in [3.05, 3.63) is 60.2 Å². The minimum atomic E-state index is -0.113. The minimum Gasteiger partial charge on any atom is -0.493 e. The molecule has 2 aromatic carbocycles. The molecule has 31 heavy (non-hydrogen) atoms. The molecule has 0 radical (unpaired) electrons. The van der Waals surface area contributed by atoms with Crippen LogP contribution in [0.15, 0.2) is 59.6 Å². The highest BCUT2D eigenvalue weighted by atomic mass is 127. The fourth-order valence-electron chi connectivity index (χ4n) is 2.70. The molecule has 0 heterocycles. The smallest absolute Gasteiger partial charge is 0.241 e. The van der Waals surface area contributed by atoms with Gasteiger partial charge in [0.05, 0.1) is 6.61 Å². The molecule has 1 amide bonds.